The molecular weight excluding hydrogens is 370 g/mol. The minimum absolute atomic E-state index is 0.120. The van der Waals surface area contributed by atoms with Gasteiger partial charge in [-0.25, -0.2) is 0 Å². The molecule has 2 amide bonds. The molecule has 0 spiro atoms. The summed E-state index contributed by atoms with van der Waals surface area (Å²) in [4.78, 5) is 28.1. The third-order valence-corrected chi connectivity index (χ3v) is 4.86. The van der Waals surface area contributed by atoms with E-state index in [9.17, 15) is 9.59 Å². The third-order valence-electron chi connectivity index (χ3n) is 4.86. The molecule has 0 radical (unpaired) electrons. The normalized spacial score (nSPS) is 13.7. The highest BCUT2D eigenvalue weighted by atomic mass is 16.5. The fraction of sp³-hybridized carbons (Fsp3) is 0.364. The molecule has 1 fully saturated rings. The lowest BCUT2D eigenvalue weighted by Gasteiger charge is -2.19. The summed E-state index contributed by atoms with van der Waals surface area (Å²) in [5.74, 6) is 1.45. The number of benzene rings is 2. The molecule has 0 unspecified atom stereocenters. The van der Waals surface area contributed by atoms with Crippen LogP contribution in [0.4, 0.5) is 11.4 Å². The molecule has 7 heteroatoms. The number of nitrogens with one attached hydrogen (secondary N) is 1. The van der Waals surface area contributed by atoms with Crippen LogP contribution in [-0.2, 0) is 16.1 Å². The summed E-state index contributed by atoms with van der Waals surface area (Å²) in [6.45, 7) is 1.51. The number of nitrogens with zero attached hydrogens (tertiary/aromatic N) is 2. The molecule has 2 aromatic carbocycles. The minimum Gasteiger partial charge on any atom is -0.497 e. The second-order valence-corrected chi connectivity index (χ2v) is 7.10. The van der Waals surface area contributed by atoms with E-state index < -0.39 is 0 Å². The summed E-state index contributed by atoms with van der Waals surface area (Å²) < 4.78 is 10.6. The van der Waals surface area contributed by atoms with Crippen molar-refractivity contribution >= 4 is 23.2 Å². The minimum atomic E-state index is -0.120. The molecule has 2 aromatic rings. The zero-order valence-electron chi connectivity index (χ0n) is 17.1. The van der Waals surface area contributed by atoms with Crippen molar-refractivity contribution in [2.45, 2.75) is 19.4 Å². The monoisotopic (exact) mass is 397 g/mol. The molecule has 0 atom stereocenters. The van der Waals surface area contributed by atoms with E-state index in [4.69, 9.17) is 9.47 Å². The molecule has 154 valence electrons. The molecular formula is C22H27N3O4. The first-order valence-corrected chi connectivity index (χ1v) is 9.60. The predicted octanol–water partition coefficient (Wildman–Crippen LogP) is 2.90. The van der Waals surface area contributed by atoms with Crippen LogP contribution in [0, 0.1) is 0 Å². The maximum Gasteiger partial charge on any atom is 0.238 e. The van der Waals surface area contributed by atoms with Crippen LogP contribution in [0.2, 0.25) is 0 Å². The zero-order chi connectivity index (χ0) is 20.8. The first-order chi connectivity index (χ1) is 14.0. The number of rotatable bonds is 8. The topological polar surface area (TPSA) is 71.1 Å². The van der Waals surface area contributed by atoms with Gasteiger partial charge in [-0.2, -0.15) is 0 Å². The summed E-state index contributed by atoms with van der Waals surface area (Å²) in [7, 11) is 5.10. The van der Waals surface area contributed by atoms with Crippen LogP contribution in [0.25, 0.3) is 0 Å². The van der Waals surface area contributed by atoms with E-state index in [1.54, 1.807) is 19.1 Å². The van der Waals surface area contributed by atoms with Gasteiger partial charge in [0.05, 0.1) is 20.8 Å². The lowest BCUT2D eigenvalue weighted by Crippen LogP contribution is -2.30. The van der Waals surface area contributed by atoms with Crippen molar-refractivity contribution in [1.29, 1.82) is 0 Å². The lowest BCUT2D eigenvalue weighted by molar-refractivity contribution is -0.117. The van der Waals surface area contributed by atoms with Gasteiger partial charge in [0.25, 0.3) is 0 Å². The Labute approximate surface area is 171 Å². The van der Waals surface area contributed by atoms with Crippen molar-refractivity contribution in [1.82, 2.24) is 4.90 Å². The largest absolute Gasteiger partial charge is 0.497 e. The number of anilines is 2. The molecule has 1 N–H and O–H groups in total. The molecule has 1 aliphatic rings. The number of ether oxygens (including phenoxy) is 2. The molecule has 0 aromatic heterocycles. The summed E-state index contributed by atoms with van der Waals surface area (Å²) in [5, 5.41) is 2.91. The molecule has 7 nitrogen and oxygen atoms in total. The maximum absolute atomic E-state index is 12.5. The van der Waals surface area contributed by atoms with Gasteiger partial charge in [-0.1, -0.05) is 12.1 Å². The molecule has 29 heavy (non-hydrogen) atoms. The van der Waals surface area contributed by atoms with Crippen molar-refractivity contribution < 1.29 is 19.1 Å². The highest BCUT2D eigenvalue weighted by molar-refractivity contribution is 5.97. The van der Waals surface area contributed by atoms with Gasteiger partial charge >= 0.3 is 0 Å². The van der Waals surface area contributed by atoms with Crippen LogP contribution in [-0.4, -0.2) is 51.1 Å². The Morgan fingerprint density at radius 3 is 2.69 bits per heavy atom. The van der Waals surface area contributed by atoms with Gasteiger partial charge in [0.15, 0.2) is 0 Å². The van der Waals surface area contributed by atoms with E-state index in [0.717, 1.165) is 35.7 Å². The number of hydrogen-bond acceptors (Lipinski definition) is 5. The molecule has 3 rings (SSSR count). The first kappa shape index (κ1) is 20.7. The Bertz CT molecular complexity index is 884. The van der Waals surface area contributed by atoms with Gasteiger partial charge < -0.3 is 19.7 Å². The number of carbonyl (C=O) groups is 2. The number of methoxy groups -OCH3 is 2. The van der Waals surface area contributed by atoms with Gasteiger partial charge in [-0.15, -0.1) is 0 Å². The Morgan fingerprint density at radius 2 is 2.00 bits per heavy atom. The summed E-state index contributed by atoms with van der Waals surface area (Å²) in [6.07, 6.45) is 1.45. The Hall–Kier alpha value is -3.06. The molecule has 1 aliphatic heterocycles. The smallest absolute Gasteiger partial charge is 0.238 e. The van der Waals surface area contributed by atoms with Crippen molar-refractivity contribution in [3.05, 3.63) is 48.0 Å². The average Bonchev–Trinajstić information content (AvgIpc) is 3.14. The second-order valence-electron chi connectivity index (χ2n) is 7.10. The van der Waals surface area contributed by atoms with Crippen molar-refractivity contribution in [3.63, 3.8) is 0 Å². The summed E-state index contributed by atoms with van der Waals surface area (Å²) >= 11 is 0. The highest BCUT2D eigenvalue weighted by Crippen LogP contribution is 2.26. The summed E-state index contributed by atoms with van der Waals surface area (Å²) in [5.41, 5.74) is 2.47. The van der Waals surface area contributed by atoms with Gasteiger partial charge in [0, 0.05) is 42.5 Å². The molecule has 0 bridgehead atoms. The fourth-order valence-electron chi connectivity index (χ4n) is 3.45. The van der Waals surface area contributed by atoms with Crippen LogP contribution in [0.1, 0.15) is 18.4 Å². The van der Waals surface area contributed by atoms with Crippen LogP contribution < -0.4 is 19.7 Å². The van der Waals surface area contributed by atoms with E-state index in [0.29, 0.717) is 18.7 Å². The van der Waals surface area contributed by atoms with Crippen LogP contribution in [0.5, 0.6) is 11.5 Å². The zero-order valence-corrected chi connectivity index (χ0v) is 17.1. The molecule has 1 saturated heterocycles. The predicted molar refractivity (Wildman–Crippen MR) is 113 cm³/mol. The number of amides is 2. The fourth-order valence-corrected chi connectivity index (χ4v) is 3.45. The van der Waals surface area contributed by atoms with E-state index in [1.807, 2.05) is 54.4 Å². The standard InChI is InChI=1S/C22H27N3O4/c1-24(14-16-9-10-19(28-2)13-20(16)29-3)15-21(26)23-17-6-4-7-18(12-17)25-11-5-8-22(25)27/h4,6-7,9-10,12-13H,5,8,11,14-15H2,1-3H3,(H,23,26). The number of likely N-dealkylation sites (N-methyl/N-ethyl adjacent to an activating group) is 1. The van der Waals surface area contributed by atoms with Crippen LogP contribution in [0.15, 0.2) is 42.5 Å². The average molecular weight is 397 g/mol. The SMILES string of the molecule is COc1ccc(CN(C)CC(=O)Nc2cccc(N3CCCC3=O)c2)c(OC)c1. The molecule has 1 heterocycles. The second kappa shape index (κ2) is 9.43. The highest BCUT2D eigenvalue weighted by Gasteiger charge is 2.21. The van der Waals surface area contributed by atoms with Crippen molar-refractivity contribution in [2.75, 3.05) is 44.6 Å². The molecule has 0 saturated carbocycles. The van der Waals surface area contributed by atoms with Gasteiger partial charge in [0.1, 0.15) is 11.5 Å². The molecule has 0 aliphatic carbocycles. The Balaban J connectivity index is 1.59. The first-order valence-electron chi connectivity index (χ1n) is 9.60. The van der Waals surface area contributed by atoms with Gasteiger partial charge in [-0.05, 0) is 37.7 Å². The number of hydrogen-bond donors (Lipinski definition) is 1. The van der Waals surface area contributed by atoms with Crippen LogP contribution in [0.3, 0.4) is 0 Å². The van der Waals surface area contributed by atoms with Crippen LogP contribution >= 0.6 is 0 Å². The summed E-state index contributed by atoms with van der Waals surface area (Å²) in [6, 6.07) is 13.0. The van der Waals surface area contributed by atoms with E-state index in [-0.39, 0.29) is 18.4 Å². The van der Waals surface area contributed by atoms with Crippen molar-refractivity contribution in [3.8, 4) is 11.5 Å². The Morgan fingerprint density at radius 1 is 1.17 bits per heavy atom. The maximum atomic E-state index is 12.5. The van der Waals surface area contributed by atoms with E-state index in [2.05, 4.69) is 5.32 Å². The van der Waals surface area contributed by atoms with E-state index >= 15 is 0 Å². The third kappa shape index (κ3) is 5.26. The Kier molecular flexibility index (Phi) is 6.72. The number of carbonyl (C=O) groups excluding carboxylic acids is 2. The quantitative estimate of drug-likeness (QED) is 0.742. The lowest BCUT2D eigenvalue weighted by atomic mass is 10.2. The van der Waals surface area contributed by atoms with Crippen molar-refractivity contribution in [2.24, 2.45) is 0 Å². The van der Waals surface area contributed by atoms with Gasteiger partial charge in [0.2, 0.25) is 11.8 Å². The van der Waals surface area contributed by atoms with E-state index in [1.165, 1.54) is 0 Å². The van der Waals surface area contributed by atoms with Gasteiger partial charge in [-0.3, -0.25) is 14.5 Å².